The van der Waals surface area contributed by atoms with Crippen LogP contribution in [0.3, 0.4) is 0 Å². The van der Waals surface area contributed by atoms with Crippen molar-refractivity contribution < 1.29 is 14.0 Å². The zero-order valence-corrected chi connectivity index (χ0v) is 18.7. The van der Waals surface area contributed by atoms with Crippen molar-refractivity contribution in [3.05, 3.63) is 41.8 Å². The molecule has 0 bridgehead atoms. The van der Waals surface area contributed by atoms with E-state index in [0.717, 1.165) is 5.56 Å². The molecular weight excluding hydrogens is 487 g/mol. The van der Waals surface area contributed by atoms with Crippen LogP contribution in [0.4, 0.5) is 4.79 Å². The minimum atomic E-state index is -0.361. The number of hydrogen-bond donors (Lipinski definition) is 3. The van der Waals surface area contributed by atoms with E-state index in [0.29, 0.717) is 37.2 Å². The van der Waals surface area contributed by atoms with E-state index < -0.39 is 0 Å². The van der Waals surface area contributed by atoms with Gasteiger partial charge in [-0.1, -0.05) is 17.7 Å². The molecule has 9 nitrogen and oxygen atoms in total. The minimum Gasteiger partial charge on any atom is -0.444 e. The van der Waals surface area contributed by atoms with Gasteiger partial charge in [0.05, 0.1) is 13.1 Å². The molecule has 1 aromatic carbocycles. The number of oxazole rings is 1. The average Bonchev–Trinajstić information content (AvgIpc) is 3.28. The van der Waals surface area contributed by atoms with Crippen molar-refractivity contribution in [3.63, 3.8) is 0 Å². The molecule has 1 aromatic heterocycles. The zero-order chi connectivity index (χ0) is 19.9. The molecule has 0 unspecified atom stereocenters. The molecular formula is C19H25IN6O3. The van der Waals surface area contributed by atoms with Gasteiger partial charge in [-0.3, -0.25) is 9.69 Å². The molecule has 10 heteroatoms. The Kier molecular flexibility index (Phi) is 8.43. The van der Waals surface area contributed by atoms with Gasteiger partial charge in [0.1, 0.15) is 12.0 Å². The van der Waals surface area contributed by atoms with Gasteiger partial charge in [-0.25, -0.2) is 14.8 Å². The molecule has 0 radical (unpaired) electrons. The fourth-order valence-corrected chi connectivity index (χ4v) is 2.68. The summed E-state index contributed by atoms with van der Waals surface area (Å²) in [6.45, 7) is 5.74. The average molecular weight is 512 g/mol. The van der Waals surface area contributed by atoms with Crippen LogP contribution in [0, 0.1) is 6.92 Å². The second kappa shape index (κ2) is 10.8. The third-order valence-corrected chi connectivity index (χ3v) is 4.16. The topological polar surface area (TPSA) is 112 Å². The van der Waals surface area contributed by atoms with Crippen molar-refractivity contribution in [1.82, 2.24) is 25.8 Å². The second-order valence-electron chi connectivity index (χ2n) is 6.34. The maximum atomic E-state index is 11.6. The Morgan fingerprint density at radius 2 is 2.03 bits per heavy atom. The summed E-state index contributed by atoms with van der Waals surface area (Å²) in [4.78, 5) is 33.2. The first-order chi connectivity index (χ1) is 13.6. The summed E-state index contributed by atoms with van der Waals surface area (Å²) in [7, 11) is 0. The Balaban J connectivity index is 0.00000300. The maximum absolute atomic E-state index is 11.6. The minimum absolute atomic E-state index is 0. The van der Waals surface area contributed by atoms with Gasteiger partial charge in [0.15, 0.2) is 5.96 Å². The number of carbonyl (C=O) groups is 2. The summed E-state index contributed by atoms with van der Waals surface area (Å²) in [5, 5.41) is 8.73. The molecule has 0 aliphatic carbocycles. The van der Waals surface area contributed by atoms with Gasteiger partial charge >= 0.3 is 6.03 Å². The fraction of sp³-hybridized carbons (Fsp3) is 0.368. The number of aliphatic imine (C=N–C) groups is 1. The number of nitrogens with zero attached hydrogens (tertiary/aromatic N) is 3. The molecule has 0 atom stereocenters. The highest BCUT2D eigenvalue weighted by Crippen LogP contribution is 2.19. The summed E-state index contributed by atoms with van der Waals surface area (Å²) in [6.07, 6.45) is 1.59. The number of imide groups is 1. The number of hydrogen-bond acceptors (Lipinski definition) is 5. The van der Waals surface area contributed by atoms with Gasteiger partial charge in [-0.15, -0.1) is 24.0 Å². The molecule has 3 rings (SSSR count). The number of guanidine groups is 1. The molecule has 3 N–H and O–H groups in total. The number of aryl methyl sites for hydroxylation is 1. The molecule has 29 heavy (non-hydrogen) atoms. The van der Waals surface area contributed by atoms with Gasteiger partial charge < -0.3 is 20.4 Å². The van der Waals surface area contributed by atoms with Crippen molar-refractivity contribution in [2.45, 2.75) is 20.4 Å². The molecule has 1 saturated heterocycles. The van der Waals surface area contributed by atoms with Crippen molar-refractivity contribution >= 4 is 41.9 Å². The SMILES string of the molecule is CCNC(=NCc1coc(-c2ccc(C)cc2)n1)NCCN1C(=O)CNC1=O.I. The Labute approximate surface area is 186 Å². The van der Waals surface area contributed by atoms with E-state index in [1.54, 1.807) is 6.26 Å². The number of carbonyl (C=O) groups excluding carboxylic acids is 2. The summed E-state index contributed by atoms with van der Waals surface area (Å²) in [5.74, 6) is 0.913. The van der Waals surface area contributed by atoms with Crippen molar-refractivity contribution in [3.8, 4) is 11.5 Å². The van der Waals surface area contributed by atoms with Crippen LogP contribution in [0.5, 0.6) is 0 Å². The number of rotatable bonds is 7. The summed E-state index contributed by atoms with van der Waals surface area (Å²) >= 11 is 0. The highest BCUT2D eigenvalue weighted by atomic mass is 127. The van der Waals surface area contributed by atoms with E-state index in [4.69, 9.17) is 4.42 Å². The quantitative estimate of drug-likeness (QED) is 0.226. The summed E-state index contributed by atoms with van der Waals surface area (Å²) in [5.41, 5.74) is 2.80. The Hall–Kier alpha value is -2.63. The first-order valence-corrected chi connectivity index (χ1v) is 9.18. The molecule has 2 heterocycles. The lowest BCUT2D eigenvalue weighted by molar-refractivity contribution is -0.124. The first kappa shape index (κ1) is 22.7. The van der Waals surface area contributed by atoms with E-state index in [2.05, 4.69) is 25.9 Å². The highest BCUT2D eigenvalue weighted by Gasteiger charge is 2.27. The molecule has 156 valence electrons. The first-order valence-electron chi connectivity index (χ1n) is 9.18. The van der Waals surface area contributed by atoms with Gasteiger partial charge in [0, 0.05) is 25.2 Å². The molecule has 1 fully saturated rings. The number of nitrogens with one attached hydrogen (secondary N) is 3. The predicted octanol–water partition coefficient (Wildman–Crippen LogP) is 1.87. The maximum Gasteiger partial charge on any atom is 0.324 e. The monoisotopic (exact) mass is 512 g/mol. The van der Waals surface area contributed by atoms with Crippen LogP contribution in [-0.2, 0) is 11.3 Å². The Morgan fingerprint density at radius 3 is 2.69 bits per heavy atom. The van der Waals surface area contributed by atoms with Crippen LogP contribution in [0.2, 0.25) is 0 Å². The van der Waals surface area contributed by atoms with E-state index >= 15 is 0 Å². The standard InChI is InChI=1S/C19H24N6O3.HI/c1-3-20-18(21-8-9-25-16(26)11-23-19(25)27)22-10-15-12-28-17(24-15)14-6-4-13(2)5-7-14;/h4-7,12H,3,8-11H2,1-2H3,(H,23,27)(H2,20,21,22);1H. The summed E-state index contributed by atoms with van der Waals surface area (Å²) < 4.78 is 5.55. The van der Waals surface area contributed by atoms with E-state index in [9.17, 15) is 9.59 Å². The fourth-order valence-electron chi connectivity index (χ4n) is 2.68. The van der Waals surface area contributed by atoms with Gasteiger partial charge in [0.25, 0.3) is 0 Å². The van der Waals surface area contributed by atoms with E-state index in [-0.39, 0.29) is 49.0 Å². The van der Waals surface area contributed by atoms with Crippen molar-refractivity contribution in [1.29, 1.82) is 0 Å². The van der Waals surface area contributed by atoms with Crippen LogP contribution in [-0.4, -0.2) is 54.0 Å². The zero-order valence-electron chi connectivity index (χ0n) is 16.4. The largest absolute Gasteiger partial charge is 0.444 e. The molecule has 2 aromatic rings. The Morgan fingerprint density at radius 1 is 1.28 bits per heavy atom. The number of amides is 3. The lowest BCUT2D eigenvalue weighted by atomic mass is 10.1. The Bertz CT molecular complexity index is 849. The predicted molar refractivity (Wildman–Crippen MR) is 120 cm³/mol. The number of aromatic nitrogens is 1. The summed E-state index contributed by atoms with van der Waals surface area (Å²) in [6, 6.07) is 7.59. The van der Waals surface area contributed by atoms with Crippen molar-refractivity contribution in [2.75, 3.05) is 26.2 Å². The third-order valence-electron chi connectivity index (χ3n) is 4.16. The molecule has 3 amide bonds. The van der Waals surface area contributed by atoms with E-state index in [1.807, 2.05) is 38.1 Å². The second-order valence-corrected chi connectivity index (χ2v) is 6.34. The highest BCUT2D eigenvalue weighted by molar-refractivity contribution is 14.0. The lowest BCUT2D eigenvalue weighted by Gasteiger charge is -2.15. The van der Waals surface area contributed by atoms with Crippen LogP contribution < -0.4 is 16.0 Å². The molecule has 1 aliphatic rings. The van der Waals surface area contributed by atoms with Crippen molar-refractivity contribution in [2.24, 2.45) is 4.99 Å². The van der Waals surface area contributed by atoms with Crippen LogP contribution in [0.1, 0.15) is 18.2 Å². The number of benzene rings is 1. The normalized spacial score (nSPS) is 13.9. The number of halogens is 1. The van der Waals surface area contributed by atoms with Crippen LogP contribution >= 0.6 is 24.0 Å². The van der Waals surface area contributed by atoms with E-state index in [1.165, 1.54) is 10.5 Å². The molecule has 0 saturated carbocycles. The third kappa shape index (κ3) is 6.17. The van der Waals surface area contributed by atoms with Gasteiger partial charge in [-0.05, 0) is 26.0 Å². The van der Waals surface area contributed by atoms with Gasteiger partial charge in [-0.2, -0.15) is 0 Å². The molecule has 0 spiro atoms. The lowest BCUT2D eigenvalue weighted by Crippen LogP contribution is -2.43. The number of urea groups is 1. The van der Waals surface area contributed by atoms with Gasteiger partial charge in [0.2, 0.25) is 11.8 Å². The smallest absolute Gasteiger partial charge is 0.324 e. The van der Waals surface area contributed by atoms with Crippen LogP contribution in [0.25, 0.3) is 11.5 Å². The molecule has 1 aliphatic heterocycles. The van der Waals surface area contributed by atoms with Crippen LogP contribution in [0.15, 0.2) is 39.9 Å².